The molecule has 0 aromatic carbocycles. The van der Waals surface area contributed by atoms with E-state index < -0.39 is 5.91 Å². The molecule has 0 fully saturated rings. The van der Waals surface area contributed by atoms with E-state index >= 15 is 0 Å². The van der Waals surface area contributed by atoms with Gasteiger partial charge in [0.05, 0.1) is 22.1 Å². The Morgan fingerprint density at radius 1 is 1.55 bits per heavy atom. The van der Waals surface area contributed by atoms with Gasteiger partial charge in [0.25, 0.3) is 0 Å². The number of carbonyl (C=O) groups is 2. The van der Waals surface area contributed by atoms with Gasteiger partial charge in [0, 0.05) is 11.1 Å². The molecule has 2 heterocycles. The Bertz CT molecular complexity index is 637. The molecule has 0 aliphatic heterocycles. The van der Waals surface area contributed by atoms with Gasteiger partial charge in [0.1, 0.15) is 6.54 Å². The fourth-order valence-electron chi connectivity index (χ4n) is 1.61. The van der Waals surface area contributed by atoms with Gasteiger partial charge in [0.15, 0.2) is 0 Å². The lowest BCUT2D eigenvalue weighted by atomic mass is 10.1. The van der Waals surface area contributed by atoms with Crippen LogP contribution in [0.25, 0.3) is 0 Å². The second-order valence-electron chi connectivity index (χ2n) is 4.25. The molecule has 1 atom stereocenters. The first-order chi connectivity index (χ1) is 9.45. The smallest absolute Gasteiger partial charge is 0.239 e. The van der Waals surface area contributed by atoms with Crippen LogP contribution in [0.1, 0.15) is 17.7 Å². The molecule has 20 heavy (non-hydrogen) atoms. The molecule has 0 aliphatic rings. The Labute approximate surface area is 124 Å². The number of carbonyl (C=O) groups excluding carboxylic acids is 2. The molecule has 2 aromatic heterocycles. The summed E-state index contributed by atoms with van der Waals surface area (Å²) in [4.78, 5) is 23.7. The second kappa shape index (κ2) is 6.06. The van der Waals surface area contributed by atoms with Crippen LogP contribution in [0.2, 0.25) is 4.34 Å². The van der Waals surface area contributed by atoms with Crippen LogP contribution < -0.4 is 11.1 Å². The quantitative estimate of drug-likeness (QED) is 0.882. The maximum Gasteiger partial charge on any atom is 0.239 e. The van der Waals surface area contributed by atoms with Gasteiger partial charge >= 0.3 is 0 Å². The highest BCUT2D eigenvalue weighted by atomic mass is 35.5. The third-order valence-corrected chi connectivity index (χ3v) is 4.05. The van der Waals surface area contributed by atoms with Gasteiger partial charge in [-0.3, -0.25) is 14.3 Å². The molecule has 106 valence electrons. The Morgan fingerprint density at radius 2 is 2.30 bits per heavy atom. The molecule has 0 saturated carbocycles. The highest BCUT2D eigenvalue weighted by Gasteiger charge is 2.17. The average molecular weight is 313 g/mol. The molecule has 0 radical (unpaired) electrons. The maximum absolute atomic E-state index is 12.1. The lowest BCUT2D eigenvalue weighted by molar-refractivity contribution is -0.119. The van der Waals surface area contributed by atoms with Crippen molar-refractivity contribution in [3.05, 3.63) is 33.7 Å². The van der Waals surface area contributed by atoms with Crippen molar-refractivity contribution in [2.45, 2.75) is 19.4 Å². The van der Waals surface area contributed by atoms with Crippen molar-refractivity contribution in [3.8, 4) is 0 Å². The van der Waals surface area contributed by atoms with Crippen LogP contribution in [0.15, 0.2) is 24.5 Å². The minimum absolute atomic E-state index is 0.0219. The van der Waals surface area contributed by atoms with Gasteiger partial charge in [0.2, 0.25) is 11.8 Å². The van der Waals surface area contributed by atoms with Crippen molar-refractivity contribution in [1.82, 2.24) is 9.78 Å². The van der Waals surface area contributed by atoms with Crippen molar-refractivity contribution >= 4 is 40.4 Å². The van der Waals surface area contributed by atoms with Gasteiger partial charge in [-0.1, -0.05) is 11.6 Å². The van der Waals surface area contributed by atoms with E-state index in [9.17, 15) is 9.59 Å². The highest BCUT2D eigenvalue weighted by molar-refractivity contribution is 7.16. The number of hydrogen-bond donors (Lipinski definition) is 2. The minimum Gasteiger partial charge on any atom is -0.368 e. The molecule has 0 spiro atoms. The number of nitrogens with two attached hydrogens (primary N) is 1. The lowest BCUT2D eigenvalue weighted by Gasteiger charge is -2.08. The van der Waals surface area contributed by atoms with Crippen LogP contribution in [0.4, 0.5) is 5.69 Å². The second-order valence-corrected chi connectivity index (χ2v) is 5.99. The number of rotatable bonds is 5. The van der Waals surface area contributed by atoms with Crippen molar-refractivity contribution in [3.63, 3.8) is 0 Å². The molecular weight excluding hydrogens is 300 g/mol. The van der Waals surface area contributed by atoms with E-state index in [2.05, 4.69) is 10.4 Å². The van der Waals surface area contributed by atoms with Crippen LogP contribution in [0, 0.1) is 0 Å². The van der Waals surface area contributed by atoms with E-state index in [0.717, 1.165) is 4.88 Å². The van der Waals surface area contributed by atoms with Crippen molar-refractivity contribution in [1.29, 1.82) is 0 Å². The first-order valence-corrected chi connectivity index (χ1v) is 7.02. The third-order valence-electron chi connectivity index (χ3n) is 2.63. The largest absolute Gasteiger partial charge is 0.368 e. The van der Waals surface area contributed by atoms with Crippen LogP contribution in [-0.2, 0) is 16.1 Å². The summed E-state index contributed by atoms with van der Waals surface area (Å²) < 4.78 is 2.01. The van der Waals surface area contributed by atoms with E-state index in [4.69, 9.17) is 17.3 Å². The van der Waals surface area contributed by atoms with E-state index in [1.54, 1.807) is 19.2 Å². The van der Waals surface area contributed by atoms with Crippen molar-refractivity contribution in [2.24, 2.45) is 5.73 Å². The summed E-state index contributed by atoms with van der Waals surface area (Å²) in [6.07, 6.45) is 3.02. The molecule has 2 aromatic rings. The van der Waals surface area contributed by atoms with Crippen molar-refractivity contribution < 1.29 is 9.59 Å². The number of hydrogen-bond acceptors (Lipinski definition) is 4. The number of halogens is 1. The van der Waals surface area contributed by atoms with Crippen LogP contribution >= 0.6 is 22.9 Å². The number of aromatic nitrogens is 2. The Hall–Kier alpha value is -1.86. The van der Waals surface area contributed by atoms with Crippen LogP contribution in [0.5, 0.6) is 0 Å². The zero-order valence-corrected chi connectivity index (χ0v) is 12.2. The van der Waals surface area contributed by atoms with Gasteiger partial charge in [-0.05, 0) is 19.1 Å². The summed E-state index contributed by atoms with van der Waals surface area (Å²) >= 11 is 7.22. The molecular formula is C12H13ClN4O2S. The van der Waals surface area contributed by atoms with Gasteiger partial charge in [-0.2, -0.15) is 5.10 Å². The summed E-state index contributed by atoms with van der Waals surface area (Å²) in [6, 6.07) is 3.59. The number of anilines is 1. The molecule has 6 nitrogen and oxygen atoms in total. The monoisotopic (exact) mass is 312 g/mol. The molecule has 0 saturated heterocycles. The Balaban J connectivity index is 2.00. The predicted molar refractivity (Wildman–Crippen MR) is 77.8 cm³/mol. The van der Waals surface area contributed by atoms with E-state index in [1.807, 2.05) is 6.07 Å². The number of amides is 2. The summed E-state index contributed by atoms with van der Waals surface area (Å²) in [7, 11) is 0. The summed E-state index contributed by atoms with van der Waals surface area (Å²) in [5.74, 6) is -0.971. The number of nitrogens with zero attached hydrogens (tertiary/aromatic N) is 2. The van der Waals surface area contributed by atoms with Crippen molar-refractivity contribution in [2.75, 3.05) is 5.32 Å². The van der Waals surface area contributed by atoms with E-state index in [1.165, 1.54) is 22.2 Å². The average Bonchev–Trinajstić information content (AvgIpc) is 2.97. The zero-order chi connectivity index (χ0) is 14.7. The zero-order valence-electron chi connectivity index (χ0n) is 10.7. The molecule has 2 amide bonds. The van der Waals surface area contributed by atoms with Crippen LogP contribution in [-0.4, -0.2) is 21.6 Å². The molecule has 2 rings (SSSR count). The normalized spacial score (nSPS) is 12.1. The fraction of sp³-hybridized carbons (Fsp3) is 0.250. The predicted octanol–water partition coefficient (Wildman–Crippen LogP) is 1.83. The lowest BCUT2D eigenvalue weighted by Crippen LogP contribution is -2.19. The Morgan fingerprint density at radius 3 is 2.90 bits per heavy atom. The molecule has 8 heteroatoms. The SMILES string of the molecule is C[C@@H](C(=O)Nc1cnn(CC(N)=O)c1)c1ccc(Cl)s1. The summed E-state index contributed by atoms with van der Waals surface area (Å²) in [5.41, 5.74) is 5.58. The van der Waals surface area contributed by atoms with Gasteiger partial charge in [-0.25, -0.2) is 0 Å². The highest BCUT2D eigenvalue weighted by Crippen LogP contribution is 2.28. The summed E-state index contributed by atoms with van der Waals surface area (Å²) in [5, 5.41) is 6.66. The van der Waals surface area contributed by atoms with Gasteiger partial charge < -0.3 is 11.1 Å². The Kier molecular flexibility index (Phi) is 4.41. The molecule has 3 N–H and O–H groups in total. The summed E-state index contributed by atoms with van der Waals surface area (Å²) in [6.45, 7) is 1.78. The number of primary amides is 1. The maximum atomic E-state index is 12.1. The first-order valence-electron chi connectivity index (χ1n) is 5.82. The third kappa shape index (κ3) is 3.58. The number of thiophene rings is 1. The molecule has 0 aliphatic carbocycles. The van der Waals surface area contributed by atoms with Crippen LogP contribution in [0.3, 0.4) is 0 Å². The molecule has 0 unspecified atom stereocenters. The topological polar surface area (TPSA) is 90.0 Å². The van der Waals surface area contributed by atoms with Gasteiger partial charge in [-0.15, -0.1) is 11.3 Å². The minimum atomic E-state index is -0.493. The standard InChI is InChI=1S/C12H13ClN4O2S/c1-7(9-2-3-10(13)20-9)12(19)16-8-4-15-17(5-8)6-11(14)18/h2-5,7H,6H2,1H3,(H2,14,18)(H,16,19)/t7-/m1/s1. The molecule has 0 bridgehead atoms. The number of nitrogens with one attached hydrogen (secondary N) is 1. The fourth-order valence-corrected chi connectivity index (χ4v) is 2.73. The first kappa shape index (κ1) is 14.5. The van der Waals surface area contributed by atoms with E-state index in [-0.39, 0.29) is 18.4 Å². The van der Waals surface area contributed by atoms with E-state index in [0.29, 0.717) is 10.0 Å².